The van der Waals surface area contributed by atoms with Gasteiger partial charge in [-0.15, -0.1) is 10.2 Å². The Kier molecular flexibility index (Phi) is 6.58. The molecule has 0 aliphatic carbocycles. The summed E-state index contributed by atoms with van der Waals surface area (Å²) in [7, 11) is 0. The average Bonchev–Trinajstić information content (AvgIpc) is 3.57. The predicted molar refractivity (Wildman–Crippen MR) is 123 cm³/mol. The van der Waals surface area contributed by atoms with Crippen molar-refractivity contribution in [3.05, 3.63) is 53.3 Å². The molecule has 1 saturated heterocycles. The van der Waals surface area contributed by atoms with Crippen molar-refractivity contribution in [2.24, 2.45) is 0 Å². The zero-order valence-electron chi connectivity index (χ0n) is 18.7. The number of aryl methyl sites for hydroxylation is 1. The lowest BCUT2D eigenvalue weighted by Crippen LogP contribution is -2.29. The van der Waals surface area contributed by atoms with Crippen molar-refractivity contribution in [1.82, 2.24) is 39.7 Å². The number of halogens is 1. The number of ether oxygens (including phenoxy) is 1. The van der Waals surface area contributed by atoms with Gasteiger partial charge in [-0.2, -0.15) is 14.8 Å². The number of aliphatic hydroxyl groups excluding tert-OH is 3. The SMILES string of the molecule is CCn1nnc(C2OC(n3cnc4c(NC(CO)Cc5ccccc5)nc(Cl)nc43)C(O)C2O)n1. The molecule has 5 rings (SSSR count). The molecule has 3 aromatic heterocycles. The molecule has 1 aliphatic rings. The molecule has 1 fully saturated rings. The van der Waals surface area contributed by atoms with Crippen LogP contribution in [0.15, 0.2) is 36.7 Å². The van der Waals surface area contributed by atoms with E-state index in [1.54, 1.807) is 0 Å². The number of nitrogens with zero attached hydrogens (tertiary/aromatic N) is 8. The Bertz CT molecular complexity index is 1300. The van der Waals surface area contributed by atoms with Gasteiger partial charge in [0.25, 0.3) is 0 Å². The van der Waals surface area contributed by atoms with E-state index in [2.05, 4.69) is 35.7 Å². The molecule has 1 aliphatic heterocycles. The van der Waals surface area contributed by atoms with E-state index in [9.17, 15) is 15.3 Å². The largest absolute Gasteiger partial charge is 0.394 e. The van der Waals surface area contributed by atoms with Crippen molar-refractivity contribution in [1.29, 1.82) is 0 Å². The molecule has 0 spiro atoms. The minimum Gasteiger partial charge on any atom is -0.394 e. The van der Waals surface area contributed by atoms with Crippen LogP contribution >= 0.6 is 11.6 Å². The first-order valence-electron chi connectivity index (χ1n) is 11.1. The number of anilines is 1. The molecule has 4 heterocycles. The molecule has 0 radical (unpaired) electrons. The molecule has 4 N–H and O–H groups in total. The van der Waals surface area contributed by atoms with E-state index in [4.69, 9.17) is 16.3 Å². The molecule has 14 heteroatoms. The third-order valence-electron chi connectivity index (χ3n) is 5.80. The standard InChI is InChI=1S/C21H24ClN9O4/c1-2-31-28-18(27-29-31)16-14(33)15(34)20(35-16)30-10-23-13-17(25-21(22)26-19(13)30)24-12(9-32)8-11-6-4-3-5-7-11/h3-7,10,12,14-16,20,32-34H,2,8-9H2,1H3,(H,24,25,26). The number of imidazole rings is 1. The van der Waals surface area contributed by atoms with Crippen LogP contribution in [0.1, 0.15) is 30.6 Å². The second-order valence-corrected chi connectivity index (χ2v) is 8.48. The zero-order valence-corrected chi connectivity index (χ0v) is 19.4. The van der Waals surface area contributed by atoms with E-state index < -0.39 is 24.5 Å². The lowest BCUT2D eigenvalue weighted by molar-refractivity contribution is -0.0384. The van der Waals surface area contributed by atoms with Gasteiger partial charge in [0.05, 0.1) is 25.5 Å². The van der Waals surface area contributed by atoms with Crippen LogP contribution < -0.4 is 5.32 Å². The molecule has 0 saturated carbocycles. The van der Waals surface area contributed by atoms with Crippen molar-refractivity contribution >= 4 is 28.6 Å². The molecule has 184 valence electrons. The van der Waals surface area contributed by atoms with Crippen molar-refractivity contribution in [2.45, 2.75) is 50.5 Å². The highest BCUT2D eigenvalue weighted by Crippen LogP contribution is 2.39. The minimum atomic E-state index is -1.32. The van der Waals surface area contributed by atoms with E-state index in [1.807, 2.05) is 37.3 Å². The summed E-state index contributed by atoms with van der Waals surface area (Å²) in [6.07, 6.45) is -2.68. The molecule has 5 atom stereocenters. The average molecular weight is 502 g/mol. The van der Waals surface area contributed by atoms with Crippen LogP contribution in [-0.2, 0) is 17.7 Å². The summed E-state index contributed by atoms with van der Waals surface area (Å²) < 4.78 is 7.39. The number of aliphatic hydroxyl groups is 3. The first-order valence-corrected chi connectivity index (χ1v) is 11.5. The van der Waals surface area contributed by atoms with Gasteiger partial charge in [-0.3, -0.25) is 4.57 Å². The molecule has 4 aromatic rings. The van der Waals surface area contributed by atoms with Gasteiger partial charge in [-0.25, -0.2) is 4.98 Å². The Morgan fingerprint density at radius 3 is 2.69 bits per heavy atom. The van der Waals surface area contributed by atoms with Crippen LogP contribution in [0, 0.1) is 0 Å². The first-order chi connectivity index (χ1) is 17.0. The molecule has 0 amide bonds. The summed E-state index contributed by atoms with van der Waals surface area (Å²) in [6.45, 7) is 2.20. The Labute approximate surface area is 204 Å². The number of fused-ring (bicyclic) bond motifs is 1. The Hall–Kier alpha value is -3.23. The van der Waals surface area contributed by atoms with Crippen LogP contribution in [0.4, 0.5) is 5.82 Å². The summed E-state index contributed by atoms with van der Waals surface area (Å²) >= 11 is 6.21. The number of nitrogens with one attached hydrogen (secondary N) is 1. The predicted octanol–water partition coefficient (Wildman–Crippen LogP) is 0.493. The quantitative estimate of drug-likeness (QED) is 0.248. The van der Waals surface area contributed by atoms with Crippen LogP contribution in [0.5, 0.6) is 0 Å². The summed E-state index contributed by atoms with van der Waals surface area (Å²) in [5.74, 6) is 0.484. The fourth-order valence-corrected chi connectivity index (χ4v) is 4.20. The van der Waals surface area contributed by atoms with Crippen LogP contribution in [0.2, 0.25) is 5.28 Å². The number of aromatic nitrogens is 8. The van der Waals surface area contributed by atoms with E-state index >= 15 is 0 Å². The van der Waals surface area contributed by atoms with Gasteiger partial charge in [0.15, 0.2) is 29.3 Å². The number of benzene rings is 1. The third-order valence-corrected chi connectivity index (χ3v) is 5.97. The highest BCUT2D eigenvalue weighted by atomic mass is 35.5. The Morgan fingerprint density at radius 2 is 1.97 bits per heavy atom. The normalized spacial score (nSPS) is 23.1. The van der Waals surface area contributed by atoms with Crippen LogP contribution in [-0.4, -0.2) is 79.9 Å². The van der Waals surface area contributed by atoms with E-state index in [0.717, 1.165) is 5.56 Å². The smallest absolute Gasteiger partial charge is 0.226 e. The third kappa shape index (κ3) is 4.56. The molecule has 0 bridgehead atoms. The molecule has 35 heavy (non-hydrogen) atoms. The van der Waals surface area contributed by atoms with Crippen molar-refractivity contribution in [3.63, 3.8) is 0 Å². The van der Waals surface area contributed by atoms with Gasteiger partial charge in [-0.05, 0) is 35.7 Å². The Morgan fingerprint density at radius 1 is 1.17 bits per heavy atom. The van der Waals surface area contributed by atoms with Crippen molar-refractivity contribution in [3.8, 4) is 0 Å². The van der Waals surface area contributed by atoms with Crippen molar-refractivity contribution < 1.29 is 20.1 Å². The highest BCUT2D eigenvalue weighted by molar-refractivity contribution is 6.28. The maximum Gasteiger partial charge on any atom is 0.226 e. The van der Waals surface area contributed by atoms with Gasteiger partial charge in [0.1, 0.15) is 12.2 Å². The number of tetrazole rings is 1. The maximum absolute atomic E-state index is 10.7. The van der Waals surface area contributed by atoms with E-state index in [-0.39, 0.29) is 29.4 Å². The lowest BCUT2D eigenvalue weighted by Gasteiger charge is -2.18. The number of rotatable bonds is 8. The van der Waals surface area contributed by atoms with Gasteiger partial charge in [0, 0.05) is 0 Å². The zero-order chi connectivity index (χ0) is 24.5. The fraction of sp³-hybridized carbons (Fsp3) is 0.429. The summed E-state index contributed by atoms with van der Waals surface area (Å²) in [5.41, 5.74) is 1.69. The highest BCUT2D eigenvalue weighted by Gasteiger charge is 2.47. The molecular weight excluding hydrogens is 478 g/mol. The van der Waals surface area contributed by atoms with Gasteiger partial charge in [-0.1, -0.05) is 30.3 Å². The lowest BCUT2D eigenvalue weighted by atomic mass is 10.1. The Balaban J connectivity index is 1.43. The monoisotopic (exact) mass is 501 g/mol. The fourth-order valence-electron chi connectivity index (χ4n) is 4.04. The van der Waals surface area contributed by atoms with Gasteiger partial charge in [0.2, 0.25) is 11.1 Å². The van der Waals surface area contributed by atoms with E-state index in [1.165, 1.54) is 15.7 Å². The molecule has 5 unspecified atom stereocenters. The maximum atomic E-state index is 10.7. The van der Waals surface area contributed by atoms with Gasteiger partial charge < -0.3 is 25.4 Å². The topological polar surface area (TPSA) is 169 Å². The van der Waals surface area contributed by atoms with E-state index in [0.29, 0.717) is 24.3 Å². The second kappa shape index (κ2) is 9.79. The molecule has 1 aromatic carbocycles. The summed E-state index contributed by atoms with van der Waals surface area (Å²) in [4.78, 5) is 14.3. The summed E-state index contributed by atoms with van der Waals surface area (Å²) in [6, 6.07) is 9.36. The first kappa shape index (κ1) is 23.5. The molecular formula is C21H24ClN9O4. The summed E-state index contributed by atoms with van der Waals surface area (Å²) in [5, 5.41) is 46.4. The van der Waals surface area contributed by atoms with Crippen molar-refractivity contribution in [2.75, 3.05) is 11.9 Å². The van der Waals surface area contributed by atoms with Crippen LogP contribution in [0.3, 0.4) is 0 Å². The number of hydrogen-bond acceptors (Lipinski definition) is 11. The number of hydrogen-bond donors (Lipinski definition) is 4. The molecule has 13 nitrogen and oxygen atoms in total. The minimum absolute atomic E-state index is 0.0599. The van der Waals surface area contributed by atoms with Gasteiger partial charge >= 0.3 is 0 Å². The second-order valence-electron chi connectivity index (χ2n) is 8.14. The van der Waals surface area contributed by atoms with Crippen LogP contribution in [0.25, 0.3) is 11.2 Å².